The number of carbonyl (C=O) groups excluding carboxylic acids is 2. The maximum absolute atomic E-state index is 11.6. The molecule has 0 bridgehead atoms. The van der Waals surface area contributed by atoms with E-state index < -0.39 is 11.7 Å². The predicted molar refractivity (Wildman–Crippen MR) is 58.3 cm³/mol. The van der Waals surface area contributed by atoms with Crippen molar-refractivity contribution in [3.63, 3.8) is 0 Å². The number of anilines is 1. The number of ketones is 1. The Morgan fingerprint density at radius 1 is 1.40 bits per heavy atom. The summed E-state index contributed by atoms with van der Waals surface area (Å²) in [5.41, 5.74) is 0.864. The highest BCUT2D eigenvalue weighted by molar-refractivity contribution is 6.55. The molecule has 1 aliphatic heterocycles. The molecule has 0 saturated carbocycles. The Kier molecular flexibility index (Phi) is 2.32. The molecule has 0 radical (unpaired) electrons. The van der Waals surface area contributed by atoms with E-state index in [4.69, 9.17) is 11.6 Å². The smallest absolute Gasteiger partial charge is 0.299 e. The van der Waals surface area contributed by atoms with Gasteiger partial charge in [0.05, 0.1) is 16.3 Å². The highest BCUT2D eigenvalue weighted by Crippen LogP contribution is 2.33. The van der Waals surface area contributed by atoms with Gasteiger partial charge in [0.25, 0.3) is 11.7 Å². The first-order valence-corrected chi connectivity index (χ1v) is 4.80. The fourth-order valence-corrected chi connectivity index (χ4v) is 1.87. The Labute approximate surface area is 91.9 Å². The number of hydrogen-bond acceptors (Lipinski definition) is 2. The minimum atomic E-state index is -0.544. The fourth-order valence-electron chi connectivity index (χ4n) is 1.61. The van der Waals surface area contributed by atoms with E-state index in [9.17, 15) is 9.59 Å². The highest BCUT2D eigenvalue weighted by atomic mass is 35.5. The Hall–Kier alpha value is -1.61. The first-order valence-electron chi connectivity index (χ1n) is 4.42. The van der Waals surface area contributed by atoms with E-state index in [1.54, 1.807) is 24.3 Å². The zero-order valence-corrected chi connectivity index (χ0v) is 8.62. The molecule has 1 aromatic carbocycles. The van der Waals surface area contributed by atoms with Gasteiger partial charge >= 0.3 is 0 Å². The zero-order chi connectivity index (χ0) is 11.0. The van der Waals surface area contributed by atoms with Gasteiger partial charge in [0.1, 0.15) is 0 Å². The van der Waals surface area contributed by atoms with Crippen LogP contribution in [-0.4, -0.2) is 18.2 Å². The summed E-state index contributed by atoms with van der Waals surface area (Å²) in [7, 11) is 0. The topological polar surface area (TPSA) is 37.4 Å². The standard InChI is InChI=1S/C11H8ClNO2/c1-2-6-13-8-5-3-4-7(12)9(8)10(14)11(13)15/h2-5H,1,6H2. The lowest BCUT2D eigenvalue weighted by molar-refractivity contribution is -0.114. The quantitative estimate of drug-likeness (QED) is 0.566. The van der Waals surface area contributed by atoms with E-state index >= 15 is 0 Å². The minimum Gasteiger partial charge on any atom is -0.301 e. The summed E-state index contributed by atoms with van der Waals surface area (Å²) in [4.78, 5) is 24.5. The van der Waals surface area contributed by atoms with Crippen LogP contribution in [0, 0.1) is 0 Å². The molecule has 76 valence electrons. The van der Waals surface area contributed by atoms with Gasteiger partial charge in [-0.15, -0.1) is 6.58 Å². The van der Waals surface area contributed by atoms with Crippen LogP contribution < -0.4 is 4.90 Å². The van der Waals surface area contributed by atoms with Gasteiger partial charge < -0.3 is 4.90 Å². The first-order chi connectivity index (χ1) is 7.16. The summed E-state index contributed by atoms with van der Waals surface area (Å²) < 4.78 is 0. The third-order valence-corrected chi connectivity index (χ3v) is 2.58. The number of nitrogens with zero attached hydrogens (tertiary/aromatic N) is 1. The van der Waals surface area contributed by atoms with Crippen LogP contribution in [0.3, 0.4) is 0 Å². The summed E-state index contributed by atoms with van der Waals surface area (Å²) in [6.07, 6.45) is 1.57. The number of amides is 1. The van der Waals surface area contributed by atoms with Gasteiger partial charge in [-0.2, -0.15) is 0 Å². The van der Waals surface area contributed by atoms with Gasteiger partial charge in [-0.05, 0) is 12.1 Å². The molecule has 1 amide bonds. The van der Waals surface area contributed by atoms with Crippen molar-refractivity contribution in [3.8, 4) is 0 Å². The number of benzene rings is 1. The Bertz CT molecular complexity index is 468. The summed E-state index contributed by atoms with van der Waals surface area (Å²) in [6.45, 7) is 3.86. The molecule has 0 atom stereocenters. The largest absolute Gasteiger partial charge is 0.301 e. The lowest BCUT2D eigenvalue weighted by Crippen LogP contribution is -2.29. The first kappa shape index (κ1) is 9.93. The number of Topliss-reactive ketones (excluding diaryl/α,β-unsaturated/α-hetero) is 1. The number of fused-ring (bicyclic) bond motifs is 1. The van der Waals surface area contributed by atoms with Gasteiger partial charge in [-0.25, -0.2) is 0 Å². The normalized spacial score (nSPS) is 14.3. The van der Waals surface area contributed by atoms with Crippen molar-refractivity contribution in [3.05, 3.63) is 41.4 Å². The predicted octanol–water partition coefficient (Wildman–Crippen LogP) is 2.06. The average molecular weight is 222 g/mol. The second-order valence-corrected chi connectivity index (χ2v) is 3.57. The second-order valence-electron chi connectivity index (χ2n) is 3.17. The molecule has 0 N–H and O–H groups in total. The molecule has 0 fully saturated rings. The number of carbonyl (C=O) groups is 2. The molecule has 15 heavy (non-hydrogen) atoms. The van der Waals surface area contributed by atoms with Crippen LogP contribution in [-0.2, 0) is 4.79 Å². The van der Waals surface area contributed by atoms with E-state index in [0.717, 1.165) is 0 Å². The molecular formula is C11H8ClNO2. The molecule has 0 aliphatic carbocycles. The lowest BCUT2D eigenvalue weighted by Gasteiger charge is -2.13. The second kappa shape index (κ2) is 3.51. The van der Waals surface area contributed by atoms with Gasteiger partial charge in [0.2, 0.25) is 0 Å². The van der Waals surface area contributed by atoms with Gasteiger partial charge in [-0.3, -0.25) is 9.59 Å². The van der Waals surface area contributed by atoms with E-state index in [1.165, 1.54) is 4.90 Å². The van der Waals surface area contributed by atoms with Gasteiger partial charge in [0.15, 0.2) is 0 Å². The van der Waals surface area contributed by atoms with Crippen LogP contribution in [0.4, 0.5) is 5.69 Å². The van der Waals surface area contributed by atoms with Gasteiger partial charge in [0, 0.05) is 6.54 Å². The number of hydrogen-bond donors (Lipinski definition) is 0. The van der Waals surface area contributed by atoms with Crippen molar-refractivity contribution >= 4 is 29.0 Å². The maximum atomic E-state index is 11.6. The van der Waals surface area contributed by atoms with Gasteiger partial charge in [-0.1, -0.05) is 23.7 Å². The molecule has 3 nitrogen and oxygen atoms in total. The zero-order valence-electron chi connectivity index (χ0n) is 7.87. The fraction of sp³-hybridized carbons (Fsp3) is 0.0909. The highest BCUT2D eigenvalue weighted by Gasteiger charge is 2.36. The summed E-state index contributed by atoms with van der Waals surface area (Å²) >= 11 is 5.87. The summed E-state index contributed by atoms with van der Waals surface area (Å²) in [6, 6.07) is 5.01. The van der Waals surface area contributed by atoms with Crippen molar-refractivity contribution in [2.75, 3.05) is 11.4 Å². The van der Waals surface area contributed by atoms with Crippen molar-refractivity contribution in [2.24, 2.45) is 0 Å². The van der Waals surface area contributed by atoms with Crippen LogP contribution in [0.1, 0.15) is 10.4 Å². The summed E-state index contributed by atoms with van der Waals surface area (Å²) in [5.74, 6) is -1.09. The Balaban J connectivity index is 2.60. The SMILES string of the molecule is C=CCN1C(=O)C(=O)c2c(Cl)cccc21. The van der Waals surface area contributed by atoms with Crippen molar-refractivity contribution < 1.29 is 9.59 Å². The number of rotatable bonds is 2. The van der Waals surface area contributed by atoms with Crippen molar-refractivity contribution in [1.82, 2.24) is 0 Å². The Morgan fingerprint density at radius 3 is 2.80 bits per heavy atom. The molecule has 1 aliphatic rings. The minimum absolute atomic E-state index is 0.297. The maximum Gasteiger partial charge on any atom is 0.299 e. The van der Waals surface area contributed by atoms with E-state index in [1.807, 2.05) is 0 Å². The molecule has 1 aromatic rings. The van der Waals surface area contributed by atoms with Crippen LogP contribution in [0.25, 0.3) is 0 Å². The van der Waals surface area contributed by atoms with Crippen molar-refractivity contribution in [2.45, 2.75) is 0 Å². The van der Waals surface area contributed by atoms with Crippen LogP contribution in [0.15, 0.2) is 30.9 Å². The third kappa shape index (κ3) is 1.36. The molecule has 2 rings (SSSR count). The molecule has 0 spiro atoms. The Morgan fingerprint density at radius 2 is 2.13 bits per heavy atom. The van der Waals surface area contributed by atoms with Crippen LogP contribution in [0.5, 0.6) is 0 Å². The molecular weight excluding hydrogens is 214 g/mol. The molecule has 4 heteroatoms. The molecule has 0 unspecified atom stereocenters. The molecule has 1 heterocycles. The van der Waals surface area contributed by atoms with Crippen LogP contribution >= 0.6 is 11.6 Å². The summed E-state index contributed by atoms with van der Waals surface area (Å²) in [5, 5.41) is 0.317. The van der Waals surface area contributed by atoms with E-state index in [-0.39, 0.29) is 0 Å². The number of halogens is 1. The monoisotopic (exact) mass is 221 g/mol. The molecule has 0 saturated heterocycles. The lowest BCUT2D eigenvalue weighted by atomic mass is 10.1. The van der Waals surface area contributed by atoms with Crippen LogP contribution in [0.2, 0.25) is 5.02 Å². The third-order valence-electron chi connectivity index (χ3n) is 2.26. The van der Waals surface area contributed by atoms with E-state index in [2.05, 4.69) is 6.58 Å². The van der Waals surface area contributed by atoms with E-state index in [0.29, 0.717) is 22.8 Å². The van der Waals surface area contributed by atoms with Crippen molar-refractivity contribution in [1.29, 1.82) is 0 Å². The molecule has 0 aromatic heterocycles. The average Bonchev–Trinajstić information content (AvgIpc) is 2.45.